The highest BCUT2D eigenvalue weighted by atomic mass is 35.5. The van der Waals surface area contributed by atoms with Gasteiger partial charge in [0.25, 0.3) is 5.91 Å². The second-order valence-corrected chi connectivity index (χ2v) is 14.0. The van der Waals surface area contributed by atoms with Crippen molar-refractivity contribution < 1.29 is 28.6 Å². The van der Waals surface area contributed by atoms with E-state index in [0.717, 1.165) is 33.4 Å². The average molecular weight is 751 g/mol. The van der Waals surface area contributed by atoms with Crippen molar-refractivity contribution in [2.75, 3.05) is 12.4 Å². The fourth-order valence-electron chi connectivity index (χ4n) is 6.48. The van der Waals surface area contributed by atoms with Gasteiger partial charge in [0.05, 0.1) is 28.9 Å². The molecular weight excluding hydrogens is 713 g/mol. The Hall–Kier alpha value is -5.35. The Balaban J connectivity index is 0.971. The fourth-order valence-corrected chi connectivity index (χ4v) is 6.80. The third-order valence-electron chi connectivity index (χ3n) is 9.48. The molecule has 2 amide bonds. The summed E-state index contributed by atoms with van der Waals surface area (Å²) in [7, 11) is 1.31. The normalized spacial score (nSPS) is 16.6. The van der Waals surface area contributed by atoms with Gasteiger partial charge < -0.3 is 30.2 Å². The van der Waals surface area contributed by atoms with E-state index in [2.05, 4.69) is 40.2 Å². The molecule has 2 heterocycles. The molecule has 53 heavy (non-hydrogen) atoms. The Labute approximate surface area is 317 Å². The SMILES string of the molecule is COC(=O)C(Cc1ccc(-c2ccc(C)cc2)cc1)NC(=O)C1Cc2cc3c(cc2CN1)OC(c1ccc(OCc2ccc(Cl)c(Cl)c2)cc1)C(=O)N3. The first-order valence-corrected chi connectivity index (χ1v) is 18.0. The molecule has 7 rings (SSSR count). The summed E-state index contributed by atoms with van der Waals surface area (Å²) in [5, 5.41) is 10.1. The molecule has 270 valence electrons. The van der Waals surface area contributed by atoms with Crippen molar-refractivity contribution in [3.8, 4) is 22.6 Å². The number of ether oxygens (including phenoxy) is 3. The van der Waals surface area contributed by atoms with Crippen LogP contribution >= 0.6 is 23.2 Å². The van der Waals surface area contributed by atoms with Gasteiger partial charge in [-0.25, -0.2) is 4.79 Å². The summed E-state index contributed by atoms with van der Waals surface area (Å²) in [6.45, 7) is 2.76. The van der Waals surface area contributed by atoms with Gasteiger partial charge in [-0.1, -0.05) is 95.5 Å². The molecular formula is C42H37Cl2N3O6. The quantitative estimate of drug-likeness (QED) is 0.127. The smallest absolute Gasteiger partial charge is 0.328 e. The van der Waals surface area contributed by atoms with Gasteiger partial charge in [0.1, 0.15) is 24.1 Å². The van der Waals surface area contributed by atoms with Gasteiger partial charge >= 0.3 is 5.97 Å². The number of hydrogen-bond acceptors (Lipinski definition) is 7. The lowest BCUT2D eigenvalue weighted by Crippen LogP contribution is -2.53. The van der Waals surface area contributed by atoms with Crippen molar-refractivity contribution in [3.63, 3.8) is 0 Å². The number of rotatable bonds is 10. The molecule has 0 radical (unpaired) electrons. The number of esters is 1. The second kappa shape index (κ2) is 15.7. The number of nitrogens with one attached hydrogen (secondary N) is 3. The zero-order valence-electron chi connectivity index (χ0n) is 29.1. The van der Waals surface area contributed by atoms with E-state index in [0.29, 0.717) is 52.4 Å². The first-order chi connectivity index (χ1) is 25.6. The summed E-state index contributed by atoms with van der Waals surface area (Å²) in [6, 6.07) is 31.0. The van der Waals surface area contributed by atoms with Crippen LogP contribution in [0.4, 0.5) is 5.69 Å². The first kappa shape index (κ1) is 36.0. The first-order valence-electron chi connectivity index (χ1n) is 17.2. The molecule has 0 bridgehead atoms. The van der Waals surface area contributed by atoms with Crippen LogP contribution in [0, 0.1) is 6.92 Å². The highest BCUT2D eigenvalue weighted by molar-refractivity contribution is 6.42. The van der Waals surface area contributed by atoms with E-state index in [4.69, 9.17) is 37.4 Å². The fraction of sp³-hybridized carbons (Fsp3) is 0.214. The lowest BCUT2D eigenvalue weighted by atomic mass is 9.93. The third-order valence-corrected chi connectivity index (χ3v) is 10.2. The number of benzene rings is 5. The minimum Gasteiger partial charge on any atom is -0.489 e. The van der Waals surface area contributed by atoms with Gasteiger partial charge in [-0.2, -0.15) is 0 Å². The molecule has 0 fully saturated rings. The number of anilines is 1. The third kappa shape index (κ3) is 8.33. The average Bonchev–Trinajstić information content (AvgIpc) is 3.17. The van der Waals surface area contributed by atoms with Crippen LogP contribution in [0.3, 0.4) is 0 Å². The highest BCUT2D eigenvalue weighted by Crippen LogP contribution is 2.38. The van der Waals surface area contributed by atoms with Gasteiger partial charge in [0, 0.05) is 18.5 Å². The molecule has 2 aliphatic rings. The molecule has 3 unspecified atom stereocenters. The zero-order valence-corrected chi connectivity index (χ0v) is 30.6. The summed E-state index contributed by atoms with van der Waals surface area (Å²) in [6.07, 6.45) is -0.215. The maximum Gasteiger partial charge on any atom is 0.328 e. The van der Waals surface area contributed by atoms with Crippen LogP contribution in [0.2, 0.25) is 10.0 Å². The Morgan fingerprint density at radius 3 is 2.26 bits per heavy atom. The van der Waals surface area contributed by atoms with E-state index in [1.54, 1.807) is 36.4 Å². The standard InChI is InChI=1S/C42H37Cl2N3O6/c1-24-3-8-27(9-4-24)28-10-5-25(6-11-28)18-37(42(50)51-2)47-40(48)36-20-30-19-35-38(21-31(30)22-45-36)53-39(41(49)46-35)29-12-14-32(15-13-29)52-23-26-7-16-33(43)34(44)17-26/h3-17,19,21,36-37,39,45H,18,20,22-23H2,1-2H3,(H,46,49)(H,47,48). The van der Waals surface area contributed by atoms with Gasteiger partial charge in [-0.05, 0) is 83.1 Å². The topological polar surface area (TPSA) is 115 Å². The minimum absolute atomic E-state index is 0.280. The van der Waals surface area contributed by atoms with Crippen LogP contribution in [0.5, 0.6) is 11.5 Å². The Bertz CT molecular complexity index is 2160. The van der Waals surface area contributed by atoms with Crippen LogP contribution in [0.25, 0.3) is 11.1 Å². The van der Waals surface area contributed by atoms with Crippen molar-refractivity contribution in [1.29, 1.82) is 0 Å². The number of halogens is 2. The molecule has 3 atom stereocenters. The molecule has 11 heteroatoms. The maximum atomic E-state index is 13.5. The zero-order chi connectivity index (χ0) is 37.1. The Morgan fingerprint density at radius 2 is 1.57 bits per heavy atom. The number of carbonyl (C=O) groups is 3. The molecule has 2 aliphatic heterocycles. The van der Waals surface area contributed by atoms with E-state index in [1.165, 1.54) is 12.7 Å². The van der Waals surface area contributed by atoms with Gasteiger partial charge in [-0.3, -0.25) is 9.59 Å². The molecule has 9 nitrogen and oxygen atoms in total. The minimum atomic E-state index is -0.864. The molecule has 0 saturated carbocycles. The Morgan fingerprint density at radius 1 is 0.868 bits per heavy atom. The van der Waals surface area contributed by atoms with Crippen LogP contribution in [0.1, 0.15) is 39.5 Å². The number of methoxy groups -OCH3 is 1. The molecule has 0 spiro atoms. The van der Waals surface area contributed by atoms with Crippen molar-refractivity contribution in [2.24, 2.45) is 0 Å². The number of carbonyl (C=O) groups excluding carboxylic acids is 3. The van der Waals surface area contributed by atoms with Gasteiger partial charge in [0.15, 0.2) is 0 Å². The van der Waals surface area contributed by atoms with E-state index in [1.807, 2.05) is 49.4 Å². The van der Waals surface area contributed by atoms with Crippen LogP contribution in [-0.2, 0) is 45.1 Å². The van der Waals surface area contributed by atoms with Crippen molar-refractivity contribution in [3.05, 3.63) is 147 Å². The van der Waals surface area contributed by atoms with E-state index >= 15 is 0 Å². The summed E-state index contributed by atoms with van der Waals surface area (Å²) in [4.78, 5) is 39.5. The van der Waals surface area contributed by atoms with Crippen LogP contribution < -0.4 is 25.4 Å². The van der Waals surface area contributed by atoms with Gasteiger partial charge in [0.2, 0.25) is 12.0 Å². The predicted molar refractivity (Wildman–Crippen MR) is 204 cm³/mol. The molecule has 0 aromatic heterocycles. The molecule has 5 aromatic rings. The maximum absolute atomic E-state index is 13.5. The van der Waals surface area contributed by atoms with E-state index < -0.39 is 24.2 Å². The second-order valence-electron chi connectivity index (χ2n) is 13.2. The number of fused-ring (bicyclic) bond motifs is 2. The van der Waals surface area contributed by atoms with Crippen molar-refractivity contribution in [2.45, 2.75) is 51.1 Å². The summed E-state index contributed by atoms with van der Waals surface area (Å²) < 4.78 is 17.1. The summed E-state index contributed by atoms with van der Waals surface area (Å²) in [5.74, 6) is 0.0200. The monoisotopic (exact) mass is 749 g/mol. The summed E-state index contributed by atoms with van der Waals surface area (Å²) >= 11 is 12.1. The lowest BCUT2D eigenvalue weighted by Gasteiger charge is -2.31. The van der Waals surface area contributed by atoms with Crippen LogP contribution in [-0.4, -0.2) is 37.0 Å². The molecule has 3 N–H and O–H groups in total. The largest absolute Gasteiger partial charge is 0.489 e. The molecule has 5 aromatic carbocycles. The number of aryl methyl sites for hydroxylation is 1. The lowest BCUT2D eigenvalue weighted by molar-refractivity contribution is -0.145. The predicted octanol–water partition coefficient (Wildman–Crippen LogP) is 7.53. The number of amides is 2. The van der Waals surface area contributed by atoms with Crippen molar-refractivity contribution in [1.82, 2.24) is 10.6 Å². The Kier molecular flexibility index (Phi) is 10.7. The molecule has 0 aliphatic carbocycles. The van der Waals surface area contributed by atoms with Gasteiger partial charge in [-0.15, -0.1) is 0 Å². The highest BCUT2D eigenvalue weighted by Gasteiger charge is 2.33. The van der Waals surface area contributed by atoms with Crippen LogP contribution in [0.15, 0.2) is 103 Å². The summed E-state index contributed by atoms with van der Waals surface area (Å²) in [5.41, 5.74) is 8.18. The van der Waals surface area contributed by atoms with Crippen molar-refractivity contribution >= 4 is 46.7 Å². The molecule has 0 saturated heterocycles. The van der Waals surface area contributed by atoms with E-state index in [-0.39, 0.29) is 18.2 Å². The van der Waals surface area contributed by atoms with E-state index in [9.17, 15) is 14.4 Å². The number of hydrogen-bond donors (Lipinski definition) is 3.